The van der Waals surface area contributed by atoms with E-state index in [0.717, 1.165) is 6.42 Å². The molecule has 2 rings (SSSR count). The van der Waals surface area contributed by atoms with Gasteiger partial charge in [0.25, 0.3) is 0 Å². The number of nitrogens with one attached hydrogen (secondary N) is 1. The second-order valence-electron chi connectivity index (χ2n) is 4.47. The summed E-state index contributed by atoms with van der Waals surface area (Å²) in [6.45, 7) is 2.55. The van der Waals surface area contributed by atoms with Gasteiger partial charge in [-0.25, -0.2) is 13.8 Å². The van der Waals surface area contributed by atoms with Gasteiger partial charge in [0.15, 0.2) is 0 Å². The molecule has 0 fully saturated rings. The van der Waals surface area contributed by atoms with Crippen LogP contribution in [0.15, 0.2) is 30.6 Å². The minimum Gasteiger partial charge on any atom is -0.480 e. The van der Waals surface area contributed by atoms with Crippen LogP contribution in [0.4, 0.5) is 8.78 Å². The van der Waals surface area contributed by atoms with Crippen molar-refractivity contribution in [3.63, 3.8) is 0 Å². The normalized spacial score (nSPS) is 12.2. The van der Waals surface area contributed by atoms with E-state index in [4.69, 9.17) is 4.74 Å². The number of methoxy groups -OCH3 is 1. The SMILES string of the molecule is CCCNC(c1nccnc1OC)c1c(F)cccc1F. The van der Waals surface area contributed by atoms with Gasteiger partial charge in [0.05, 0.1) is 13.2 Å². The van der Waals surface area contributed by atoms with E-state index in [1.807, 2.05) is 6.92 Å². The van der Waals surface area contributed by atoms with Gasteiger partial charge in [-0.1, -0.05) is 13.0 Å². The van der Waals surface area contributed by atoms with Gasteiger partial charge >= 0.3 is 0 Å². The van der Waals surface area contributed by atoms with Crippen LogP contribution in [0.2, 0.25) is 0 Å². The molecule has 4 nitrogen and oxygen atoms in total. The summed E-state index contributed by atoms with van der Waals surface area (Å²) >= 11 is 0. The van der Waals surface area contributed by atoms with Crippen molar-refractivity contribution in [3.8, 4) is 5.88 Å². The third-order valence-electron chi connectivity index (χ3n) is 3.04. The van der Waals surface area contributed by atoms with E-state index in [1.54, 1.807) is 0 Å². The lowest BCUT2D eigenvalue weighted by molar-refractivity contribution is 0.379. The van der Waals surface area contributed by atoms with Gasteiger partial charge in [-0.3, -0.25) is 4.98 Å². The van der Waals surface area contributed by atoms with Gasteiger partial charge in [0, 0.05) is 18.0 Å². The lowest BCUT2D eigenvalue weighted by atomic mass is 10.0. The molecule has 0 aliphatic carbocycles. The summed E-state index contributed by atoms with van der Waals surface area (Å²) in [6, 6.07) is 3.03. The van der Waals surface area contributed by atoms with Crippen LogP contribution in [0.3, 0.4) is 0 Å². The number of hydrogen-bond acceptors (Lipinski definition) is 4. The fourth-order valence-corrected chi connectivity index (χ4v) is 2.10. The van der Waals surface area contributed by atoms with Gasteiger partial charge in [-0.15, -0.1) is 0 Å². The number of hydrogen-bond donors (Lipinski definition) is 1. The number of aromatic nitrogens is 2. The van der Waals surface area contributed by atoms with Crippen LogP contribution in [0.25, 0.3) is 0 Å². The second-order valence-corrected chi connectivity index (χ2v) is 4.47. The van der Waals surface area contributed by atoms with Crippen molar-refractivity contribution in [2.45, 2.75) is 19.4 Å². The zero-order chi connectivity index (χ0) is 15.2. The first-order valence-corrected chi connectivity index (χ1v) is 6.71. The topological polar surface area (TPSA) is 47.0 Å². The Bertz CT molecular complexity index is 587. The molecule has 1 aromatic heterocycles. The third kappa shape index (κ3) is 3.33. The van der Waals surface area contributed by atoms with Crippen molar-refractivity contribution in [1.82, 2.24) is 15.3 Å². The molecular formula is C15H17F2N3O. The van der Waals surface area contributed by atoms with Gasteiger partial charge in [-0.2, -0.15) is 0 Å². The highest BCUT2D eigenvalue weighted by Gasteiger charge is 2.25. The molecule has 0 saturated heterocycles. The quantitative estimate of drug-likeness (QED) is 0.889. The first-order valence-electron chi connectivity index (χ1n) is 6.71. The van der Waals surface area contributed by atoms with E-state index in [9.17, 15) is 8.78 Å². The summed E-state index contributed by atoms with van der Waals surface area (Å²) in [7, 11) is 1.45. The van der Waals surface area contributed by atoms with E-state index >= 15 is 0 Å². The molecule has 1 aromatic carbocycles. The minimum absolute atomic E-state index is 0.0789. The van der Waals surface area contributed by atoms with E-state index in [1.165, 1.54) is 37.7 Å². The summed E-state index contributed by atoms with van der Waals surface area (Å²) in [4.78, 5) is 8.22. The molecule has 2 aromatic rings. The van der Waals surface area contributed by atoms with Gasteiger partial charge in [0.2, 0.25) is 5.88 Å². The molecule has 1 atom stereocenters. The molecule has 0 aliphatic heterocycles. The lowest BCUT2D eigenvalue weighted by Crippen LogP contribution is -2.26. The van der Waals surface area contributed by atoms with Crippen LogP contribution < -0.4 is 10.1 Å². The Balaban J connectivity index is 2.53. The number of ether oxygens (including phenoxy) is 1. The van der Waals surface area contributed by atoms with Crippen LogP contribution in [0, 0.1) is 11.6 Å². The zero-order valence-corrected chi connectivity index (χ0v) is 11.9. The maximum absolute atomic E-state index is 14.1. The summed E-state index contributed by atoms with van der Waals surface area (Å²) in [5.74, 6) is -1.01. The van der Waals surface area contributed by atoms with Gasteiger partial charge < -0.3 is 10.1 Å². The molecule has 0 saturated carbocycles. The van der Waals surface area contributed by atoms with E-state index < -0.39 is 17.7 Å². The smallest absolute Gasteiger partial charge is 0.237 e. The lowest BCUT2D eigenvalue weighted by Gasteiger charge is -2.20. The predicted octanol–water partition coefficient (Wildman–Crippen LogP) is 2.85. The molecule has 0 amide bonds. The maximum atomic E-state index is 14.1. The Morgan fingerprint density at radius 3 is 2.48 bits per heavy atom. The van der Waals surface area contributed by atoms with Crippen molar-refractivity contribution in [2.75, 3.05) is 13.7 Å². The van der Waals surface area contributed by atoms with Crippen molar-refractivity contribution in [3.05, 3.63) is 53.5 Å². The average molecular weight is 293 g/mol. The number of benzene rings is 1. The molecule has 21 heavy (non-hydrogen) atoms. The van der Waals surface area contributed by atoms with E-state index in [2.05, 4.69) is 15.3 Å². The third-order valence-corrected chi connectivity index (χ3v) is 3.04. The Kier molecular flexibility index (Phi) is 5.16. The van der Waals surface area contributed by atoms with E-state index in [-0.39, 0.29) is 11.4 Å². The van der Waals surface area contributed by atoms with Crippen molar-refractivity contribution >= 4 is 0 Å². The molecule has 1 unspecified atom stereocenters. The van der Waals surface area contributed by atoms with Crippen LogP contribution in [-0.4, -0.2) is 23.6 Å². The Morgan fingerprint density at radius 2 is 1.86 bits per heavy atom. The van der Waals surface area contributed by atoms with Crippen LogP contribution in [-0.2, 0) is 0 Å². The van der Waals surface area contributed by atoms with Crippen molar-refractivity contribution in [1.29, 1.82) is 0 Å². The summed E-state index contributed by atoms with van der Waals surface area (Å²) in [5, 5.41) is 3.10. The molecule has 1 N–H and O–H groups in total. The van der Waals surface area contributed by atoms with Crippen LogP contribution in [0.5, 0.6) is 5.88 Å². The first-order chi connectivity index (χ1) is 10.2. The highest BCUT2D eigenvalue weighted by molar-refractivity contribution is 5.34. The predicted molar refractivity (Wildman–Crippen MR) is 75.1 cm³/mol. The standard InChI is InChI=1S/C15H17F2N3O/c1-3-7-18-13(12-10(16)5-4-6-11(12)17)14-15(21-2)20-9-8-19-14/h4-6,8-9,13,18H,3,7H2,1-2H3. The molecule has 6 heteroatoms. The molecule has 0 bridgehead atoms. The maximum Gasteiger partial charge on any atom is 0.237 e. The molecule has 112 valence electrons. The van der Waals surface area contributed by atoms with Crippen LogP contribution in [0.1, 0.15) is 30.6 Å². The van der Waals surface area contributed by atoms with Gasteiger partial charge in [0.1, 0.15) is 17.3 Å². The molecule has 0 radical (unpaired) electrons. The number of nitrogens with zero attached hydrogens (tertiary/aromatic N) is 2. The minimum atomic E-state index is -0.755. The largest absolute Gasteiger partial charge is 0.480 e. The van der Waals surface area contributed by atoms with Gasteiger partial charge in [-0.05, 0) is 25.1 Å². The highest BCUT2D eigenvalue weighted by Crippen LogP contribution is 2.29. The number of halogens is 2. The van der Waals surface area contributed by atoms with Crippen molar-refractivity contribution < 1.29 is 13.5 Å². The highest BCUT2D eigenvalue weighted by atomic mass is 19.1. The summed E-state index contributed by atoms with van der Waals surface area (Å²) in [5.41, 5.74) is 0.280. The molecule has 0 spiro atoms. The molecular weight excluding hydrogens is 276 g/mol. The van der Waals surface area contributed by atoms with Crippen molar-refractivity contribution in [2.24, 2.45) is 0 Å². The fourth-order valence-electron chi connectivity index (χ4n) is 2.10. The summed E-state index contributed by atoms with van der Waals surface area (Å²) in [6.07, 6.45) is 3.75. The first kappa shape index (κ1) is 15.3. The number of rotatable bonds is 6. The Hall–Kier alpha value is -2.08. The molecule has 1 heterocycles. The molecule has 0 aliphatic rings. The average Bonchev–Trinajstić information content (AvgIpc) is 2.50. The Morgan fingerprint density at radius 1 is 1.19 bits per heavy atom. The Labute approximate surface area is 122 Å². The zero-order valence-electron chi connectivity index (χ0n) is 11.9. The van der Waals surface area contributed by atoms with Crippen LogP contribution >= 0.6 is 0 Å². The van der Waals surface area contributed by atoms with E-state index in [0.29, 0.717) is 12.2 Å². The second kappa shape index (κ2) is 7.08. The monoisotopic (exact) mass is 293 g/mol. The fraction of sp³-hybridized carbons (Fsp3) is 0.333. The summed E-state index contributed by atoms with van der Waals surface area (Å²) < 4.78 is 33.3.